The highest BCUT2D eigenvalue weighted by Gasteiger charge is 2.83. The van der Waals surface area contributed by atoms with Crippen LogP contribution in [-0.4, -0.2) is 51.0 Å². The summed E-state index contributed by atoms with van der Waals surface area (Å²) in [6.45, 7) is 13.7. The van der Waals surface area contributed by atoms with Gasteiger partial charge in [0.25, 0.3) is 0 Å². The van der Waals surface area contributed by atoms with Gasteiger partial charge in [-0.25, -0.2) is 0 Å². The minimum Gasteiger partial charge on any atom is -0.481 e. The van der Waals surface area contributed by atoms with Crippen LogP contribution in [0.5, 0.6) is 0 Å². The van der Waals surface area contributed by atoms with Crippen LogP contribution in [0.25, 0.3) is 0 Å². The third kappa shape index (κ3) is 3.40. The van der Waals surface area contributed by atoms with E-state index in [2.05, 4.69) is 46.8 Å². The largest absolute Gasteiger partial charge is 0.481 e. The number of rotatable bonds is 4. The topological polar surface area (TPSA) is 107 Å². The molecule has 1 aromatic rings. The fourth-order valence-corrected chi connectivity index (χ4v) is 14.0. The Bertz CT molecular complexity index is 1330. The molecule has 5 saturated carbocycles. The van der Waals surface area contributed by atoms with Crippen LogP contribution in [0.15, 0.2) is 30.3 Å². The number of carboxylic acid groups (broad SMARTS) is 1. The molecule has 5 aliphatic carbocycles. The van der Waals surface area contributed by atoms with Crippen molar-refractivity contribution in [2.75, 3.05) is 6.61 Å². The van der Waals surface area contributed by atoms with Crippen LogP contribution >= 0.6 is 0 Å². The highest BCUT2D eigenvalue weighted by Crippen LogP contribution is 2.83. The summed E-state index contributed by atoms with van der Waals surface area (Å²) in [5, 5.41) is 46.4. The van der Waals surface area contributed by atoms with Gasteiger partial charge in [-0.05, 0) is 110 Å². The van der Waals surface area contributed by atoms with Crippen LogP contribution in [0.4, 0.5) is 0 Å². The van der Waals surface area contributed by atoms with E-state index in [1.54, 1.807) is 0 Å². The van der Waals surface area contributed by atoms with Gasteiger partial charge in [0.1, 0.15) is 0 Å². The first-order valence-electron chi connectivity index (χ1n) is 17.5. The number of aliphatic carboxylic acids is 1. The molecule has 2 bridgehead atoms. The number of aliphatic hydroxyl groups is 3. The van der Waals surface area contributed by atoms with Gasteiger partial charge in [0.15, 0.2) is 5.79 Å². The van der Waals surface area contributed by atoms with E-state index in [-0.39, 0.29) is 52.6 Å². The molecule has 1 saturated heterocycles. The molecule has 6 heteroatoms. The number of aliphatic hydroxyl groups excluding tert-OH is 2. The summed E-state index contributed by atoms with van der Waals surface area (Å²) < 4.78 is 6.68. The predicted molar refractivity (Wildman–Crippen MR) is 168 cm³/mol. The number of benzene rings is 1. The van der Waals surface area contributed by atoms with E-state index in [4.69, 9.17) is 4.74 Å². The Morgan fingerprint density at radius 2 is 1.48 bits per heavy atom. The summed E-state index contributed by atoms with van der Waals surface area (Å²) in [6, 6.07) is 10.3. The average Bonchev–Trinajstić information content (AvgIpc) is 3.11. The molecule has 1 heterocycles. The van der Waals surface area contributed by atoms with Crippen LogP contribution in [-0.2, 0) is 16.0 Å². The fourth-order valence-electron chi connectivity index (χ4n) is 14.0. The first-order valence-corrected chi connectivity index (χ1v) is 17.5. The van der Waals surface area contributed by atoms with E-state index in [0.29, 0.717) is 12.3 Å². The van der Waals surface area contributed by atoms with Crippen LogP contribution in [0, 0.1) is 55.7 Å². The van der Waals surface area contributed by atoms with Crippen molar-refractivity contribution in [2.24, 2.45) is 55.7 Å². The van der Waals surface area contributed by atoms with Crippen molar-refractivity contribution in [3.63, 3.8) is 0 Å². The van der Waals surface area contributed by atoms with Gasteiger partial charge in [-0.3, -0.25) is 4.79 Å². The fraction of sp³-hybridized carbons (Fsp3) is 0.816. The minimum absolute atomic E-state index is 0.0377. The zero-order chi connectivity index (χ0) is 31.8. The van der Waals surface area contributed by atoms with Crippen LogP contribution in [0.2, 0.25) is 0 Å². The standard InChI is InChI=1S/C38H56O6/c1-24-36-13-12-26-33(4)17-16-31(2)14-15-32(3,30(41)42)21-27(31)34(33,5)18-19-35(26,6)37(36,23-39)28(40)22-38(24,43)44-29(36)20-25-10-8-7-9-11-25/h7-11,24,26-29,39-40,43H,12-23H2,1-6H3,(H,41,42)/t24-,26-,27+,28-,29-,31-,32+,33-,34-,35+,36+,37-,38-/m0/s1. The third-order valence-electron chi connectivity index (χ3n) is 16.9. The number of carboxylic acids is 1. The van der Waals surface area contributed by atoms with Gasteiger partial charge < -0.3 is 25.2 Å². The maximum atomic E-state index is 12.6. The minimum atomic E-state index is -1.41. The summed E-state index contributed by atoms with van der Waals surface area (Å²) in [7, 11) is 0. The molecule has 0 aromatic heterocycles. The molecule has 0 radical (unpaired) electrons. The van der Waals surface area contributed by atoms with Crippen molar-refractivity contribution in [1.82, 2.24) is 0 Å². The van der Waals surface area contributed by atoms with Crippen molar-refractivity contribution in [1.29, 1.82) is 0 Å². The van der Waals surface area contributed by atoms with Gasteiger partial charge >= 0.3 is 5.97 Å². The van der Waals surface area contributed by atoms with Crippen molar-refractivity contribution >= 4 is 5.97 Å². The van der Waals surface area contributed by atoms with E-state index in [9.17, 15) is 25.2 Å². The highest BCUT2D eigenvalue weighted by molar-refractivity contribution is 5.74. The molecule has 1 spiro atoms. The molecule has 7 rings (SSSR count). The SMILES string of the molecule is C[C@H]1[C@@]23CC[C@H]4[C@]5(C)CC[C@]6(C)CC[C@@](C)(C(=O)O)C[C@H]6[C@]5(C)CC[C@@]4(C)[C@]2(CO)[C@@H](O)C[C@]1(O)O[C@H]3Cc1ccccc1. The molecule has 1 aromatic carbocycles. The molecule has 0 amide bonds. The Kier molecular flexibility index (Phi) is 6.60. The molecule has 244 valence electrons. The summed E-state index contributed by atoms with van der Waals surface area (Å²) >= 11 is 0. The van der Waals surface area contributed by atoms with E-state index >= 15 is 0 Å². The second-order valence-corrected chi connectivity index (χ2v) is 17.9. The lowest BCUT2D eigenvalue weighted by Crippen LogP contribution is -2.77. The Balaban J connectivity index is 1.34. The predicted octanol–water partition coefficient (Wildman–Crippen LogP) is 6.60. The summed E-state index contributed by atoms with van der Waals surface area (Å²) in [6.07, 6.45) is 7.80. The average molecular weight is 609 g/mol. The van der Waals surface area contributed by atoms with E-state index in [0.717, 1.165) is 63.4 Å². The molecular formula is C38H56O6. The zero-order valence-electron chi connectivity index (χ0n) is 27.9. The number of hydrogen-bond donors (Lipinski definition) is 4. The number of carbonyl (C=O) groups is 1. The maximum absolute atomic E-state index is 12.6. The Hall–Kier alpha value is -1.47. The van der Waals surface area contributed by atoms with Gasteiger partial charge in [0.05, 0.1) is 24.2 Å². The van der Waals surface area contributed by atoms with E-state index < -0.39 is 34.1 Å². The molecule has 6 nitrogen and oxygen atoms in total. The van der Waals surface area contributed by atoms with E-state index in [1.807, 2.05) is 25.1 Å². The summed E-state index contributed by atoms with van der Waals surface area (Å²) in [5.41, 5.74) is -1.27. The first-order chi connectivity index (χ1) is 20.5. The molecule has 6 fully saturated rings. The lowest BCUT2D eigenvalue weighted by atomic mass is 9.26. The normalized spacial score (nSPS) is 56.2. The molecule has 4 N–H and O–H groups in total. The molecule has 1 aliphatic heterocycles. The van der Waals surface area contributed by atoms with Crippen LogP contribution < -0.4 is 0 Å². The van der Waals surface area contributed by atoms with Crippen molar-refractivity contribution < 1.29 is 30.0 Å². The molecule has 44 heavy (non-hydrogen) atoms. The lowest BCUT2D eigenvalue weighted by Gasteiger charge is -2.78. The van der Waals surface area contributed by atoms with Gasteiger partial charge in [0, 0.05) is 23.2 Å². The maximum Gasteiger partial charge on any atom is 0.309 e. The number of hydrogen-bond acceptors (Lipinski definition) is 5. The molecular weight excluding hydrogens is 552 g/mol. The van der Waals surface area contributed by atoms with Crippen LogP contribution in [0.3, 0.4) is 0 Å². The smallest absolute Gasteiger partial charge is 0.309 e. The highest BCUT2D eigenvalue weighted by atomic mass is 16.6. The molecule has 13 atom stereocenters. The van der Waals surface area contributed by atoms with E-state index in [1.165, 1.54) is 0 Å². The van der Waals surface area contributed by atoms with Gasteiger partial charge in [0.2, 0.25) is 0 Å². The summed E-state index contributed by atoms with van der Waals surface area (Å²) in [4.78, 5) is 12.6. The number of fused-ring (bicyclic) bond motifs is 7. The van der Waals surface area contributed by atoms with Crippen molar-refractivity contribution in [3.8, 4) is 0 Å². The lowest BCUT2D eigenvalue weighted by molar-refractivity contribution is -0.333. The monoisotopic (exact) mass is 608 g/mol. The molecule has 0 unspecified atom stereocenters. The second-order valence-electron chi connectivity index (χ2n) is 17.9. The zero-order valence-corrected chi connectivity index (χ0v) is 27.9. The Morgan fingerprint density at radius 3 is 2.14 bits per heavy atom. The van der Waals surface area contributed by atoms with Gasteiger partial charge in [-0.1, -0.05) is 65.0 Å². The Labute approximate surface area is 264 Å². The molecule has 6 aliphatic rings. The Morgan fingerprint density at radius 1 is 0.864 bits per heavy atom. The van der Waals surface area contributed by atoms with Crippen molar-refractivity contribution in [2.45, 2.75) is 130 Å². The quantitative estimate of drug-likeness (QED) is 0.307. The van der Waals surface area contributed by atoms with Gasteiger partial charge in [-0.15, -0.1) is 0 Å². The third-order valence-corrected chi connectivity index (χ3v) is 16.9. The van der Waals surface area contributed by atoms with Crippen LogP contribution in [0.1, 0.15) is 111 Å². The summed E-state index contributed by atoms with van der Waals surface area (Å²) in [5.74, 6) is -1.71. The van der Waals surface area contributed by atoms with Gasteiger partial charge in [-0.2, -0.15) is 0 Å². The first kappa shape index (κ1) is 31.1. The van der Waals surface area contributed by atoms with Crippen molar-refractivity contribution in [3.05, 3.63) is 35.9 Å². The number of ether oxygens (including phenoxy) is 1. The second kappa shape index (κ2) is 9.33.